The van der Waals surface area contributed by atoms with Crippen LogP contribution in [0.15, 0.2) is 0 Å². The Balaban J connectivity index is 0. The van der Waals surface area contributed by atoms with Crippen LogP contribution in [0.25, 0.3) is 0 Å². The van der Waals surface area contributed by atoms with Crippen molar-refractivity contribution in [2.45, 2.75) is 37.8 Å². The molecule has 0 saturated heterocycles. The van der Waals surface area contributed by atoms with E-state index in [1.165, 1.54) is 0 Å². The van der Waals surface area contributed by atoms with Gasteiger partial charge in [0.1, 0.15) is 5.65 Å². The molecule has 0 unspecified atom stereocenters. The van der Waals surface area contributed by atoms with Crippen LogP contribution in [0, 0.1) is 0 Å². The van der Waals surface area contributed by atoms with Crippen molar-refractivity contribution in [2.24, 2.45) is 11.4 Å². The fourth-order valence-electron chi connectivity index (χ4n) is 1.09. The SMILES string of the molecule is O=C([O-])C(=O)[O-].[2H]N([2H])[C@@H]1CCCC[C@H]1N([2H])[2H].[Pt+2]. The van der Waals surface area contributed by atoms with Crippen molar-refractivity contribution in [1.29, 1.82) is 0 Å². The Labute approximate surface area is 108 Å². The van der Waals surface area contributed by atoms with E-state index in [2.05, 4.69) is 0 Å². The minimum absolute atomic E-state index is 0. The molecule has 0 heterocycles. The normalized spacial score (nSPS) is 28.4. The van der Waals surface area contributed by atoms with Gasteiger partial charge in [-0.05, 0) is 12.8 Å². The first-order chi connectivity index (χ1) is 8.27. The van der Waals surface area contributed by atoms with Gasteiger partial charge in [0.2, 0.25) is 0 Å². The first-order valence-corrected chi connectivity index (χ1v) is 4.23. The van der Waals surface area contributed by atoms with Gasteiger partial charge < -0.3 is 31.2 Å². The molecule has 2 atom stereocenters. The van der Waals surface area contributed by atoms with Crippen molar-refractivity contribution >= 4 is 11.9 Å². The first-order valence-electron chi connectivity index (χ1n) is 6.02. The summed E-state index contributed by atoms with van der Waals surface area (Å²) in [5.41, 5.74) is 1.28. The molecular formula is C8H14N2O4Pt. The molecule has 0 spiro atoms. The smallest absolute Gasteiger partial charge is 0.543 e. The Morgan fingerprint density at radius 2 is 1.40 bits per heavy atom. The number of rotatable bonds is 2. The van der Waals surface area contributed by atoms with E-state index in [0.717, 1.165) is 25.7 Å². The summed E-state index contributed by atoms with van der Waals surface area (Å²) in [7, 11) is 0. The molecule has 0 amide bonds. The van der Waals surface area contributed by atoms with Crippen LogP contribution in [-0.2, 0) is 30.7 Å². The molecule has 0 aromatic rings. The molecule has 90 valence electrons. The third kappa shape index (κ3) is 8.54. The molecule has 4 N–H and O–H groups in total. The second kappa shape index (κ2) is 8.82. The van der Waals surface area contributed by atoms with Crippen molar-refractivity contribution in [3.8, 4) is 0 Å². The van der Waals surface area contributed by atoms with Gasteiger partial charge in [0.15, 0.2) is 0 Å². The summed E-state index contributed by atoms with van der Waals surface area (Å²) < 4.78 is 28.4. The van der Waals surface area contributed by atoms with E-state index in [1.807, 2.05) is 0 Å². The minimum Gasteiger partial charge on any atom is -0.543 e. The van der Waals surface area contributed by atoms with E-state index in [1.54, 1.807) is 0 Å². The van der Waals surface area contributed by atoms with Crippen LogP contribution >= 0.6 is 0 Å². The van der Waals surface area contributed by atoms with E-state index in [0.29, 0.717) is 11.4 Å². The maximum absolute atomic E-state index is 8.93. The largest absolute Gasteiger partial charge is 2.00 e. The Kier molecular flexibility index (Phi) is 5.74. The average molecular weight is 401 g/mol. The number of aliphatic carboxylic acids is 2. The van der Waals surface area contributed by atoms with Crippen molar-refractivity contribution in [1.82, 2.24) is 0 Å². The average Bonchev–Trinajstić information content (AvgIpc) is 2.29. The van der Waals surface area contributed by atoms with Crippen LogP contribution in [0.3, 0.4) is 0 Å². The summed E-state index contributed by atoms with van der Waals surface area (Å²) in [6, 6.07) is -0.539. The van der Waals surface area contributed by atoms with E-state index < -0.39 is 11.9 Å². The molecular weight excluding hydrogens is 383 g/mol. The van der Waals surface area contributed by atoms with E-state index in [4.69, 9.17) is 25.4 Å². The molecule has 1 rings (SSSR count). The van der Waals surface area contributed by atoms with Gasteiger partial charge in [-0.25, -0.2) is 0 Å². The molecule has 0 bridgehead atoms. The number of carboxylic acid groups (broad SMARTS) is 2. The van der Waals surface area contributed by atoms with Gasteiger partial charge in [0.25, 0.3) is 0 Å². The van der Waals surface area contributed by atoms with Gasteiger partial charge in [-0.3, -0.25) is 0 Å². The molecule has 1 aliphatic rings. The quantitative estimate of drug-likeness (QED) is 0.466. The van der Waals surface area contributed by atoms with Crippen LogP contribution in [0.4, 0.5) is 0 Å². The predicted octanol–water partition coefficient (Wildman–Crippen LogP) is -3.30. The summed E-state index contributed by atoms with van der Waals surface area (Å²) >= 11 is 0. The third-order valence-electron chi connectivity index (χ3n) is 1.86. The number of hydrogen-bond donors (Lipinski definition) is 2. The predicted molar refractivity (Wildman–Crippen MR) is 44.4 cm³/mol. The van der Waals surface area contributed by atoms with Gasteiger partial charge in [-0.2, -0.15) is 0 Å². The van der Waals surface area contributed by atoms with E-state index in [-0.39, 0.29) is 33.1 Å². The summed E-state index contributed by atoms with van der Waals surface area (Å²) in [6.07, 6.45) is 3.52. The number of hydrogen-bond acceptors (Lipinski definition) is 6. The Hall–Kier alpha value is -0.452. The minimum atomic E-state index is -2.19. The summed E-state index contributed by atoms with van der Waals surface area (Å²) in [4.78, 5) is 17.9. The standard InChI is InChI=1S/C6H14N2.C2H2O4.Pt/c7-5-3-1-2-4-6(5)8;3-1(4)2(5)6;/h5-6H,1-4,7-8H2;(H,3,4)(H,5,6);/q;;+2/p-2/t5-,6-;;/m1../s1/i/hD4. The summed E-state index contributed by atoms with van der Waals surface area (Å²) in [5.74, 6) is -4.37. The van der Waals surface area contributed by atoms with Gasteiger partial charge >= 0.3 is 21.1 Å². The maximum atomic E-state index is 8.93. The van der Waals surface area contributed by atoms with Crippen LogP contribution < -0.4 is 21.7 Å². The zero-order valence-corrected chi connectivity index (χ0v) is 10.1. The number of carboxylic acids is 2. The monoisotopic (exact) mass is 401 g/mol. The van der Waals surface area contributed by atoms with Crippen LogP contribution in [0.1, 0.15) is 25.7 Å². The molecule has 1 saturated carbocycles. The van der Waals surface area contributed by atoms with Crippen molar-refractivity contribution in [2.75, 3.05) is 0 Å². The molecule has 7 heteroatoms. The fraction of sp³-hybridized carbons (Fsp3) is 0.750. The second-order valence-electron chi connectivity index (χ2n) is 2.99. The Bertz CT molecular complexity index is 268. The third-order valence-corrected chi connectivity index (χ3v) is 1.86. The zero-order valence-electron chi connectivity index (χ0n) is 11.8. The first kappa shape index (κ1) is 9.75. The van der Waals surface area contributed by atoms with Gasteiger partial charge in [0, 0.05) is 12.1 Å². The number of carbonyl (C=O) groups is 2. The molecule has 1 fully saturated rings. The van der Waals surface area contributed by atoms with Gasteiger partial charge in [0.05, 0.1) is 11.9 Å². The van der Waals surface area contributed by atoms with Crippen LogP contribution in [0.2, 0.25) is 5.65 Å². The number of carbonyl (C=O) groups excluding carboxylic acids is 2. The van der Waals surface area contributed by atoms with Gasteiger partial charge in [-0.15, -0.1) is 0 Å². The molecule has 1 aliphatic carbocycles. The van der Waals surface area contributed by atoms with Crippen molar-refractivity contribution in [3.63, 3.8) is 0 Å². The zero-order chi connectivity index (χ0) is 14.3. The van der Waals surface area contributed by atoms with E-state index in [9.17, 15) is 0 Å². The van der Waals surface area contributed by atoms with Crippen molar-refractivity contribution in [3.05, 3.63) is 0 Å². The fourth-order valence-corrected chi connectivity index (χ4v) is 1.09. The molecule has 0 aromatic carbocycles. The molecule has 15 heavy (non-hydrogen) atoms. The maximum Gasteiger partial charge on any atom is 2.00 e. The molecule has 6 nitrogen and oxygen atoms in total. The van der Waals surface area contributed by atoms with Crippen molar-refractivity contribution < 1.29 is 46.5 Å². The van der Waals surface area contributed by atoms with Crippen LogP contribution in [-0.4, -0.2) is 24.0 Å². The molecule has 0 radical (unpaired) electrons. The van der Waals surface area contributed by atoms with E-state index >= 15 is 0 Å². The second-order valence-corrected chi connectivity index (χ2v) is 2.99. The van der Waals surface area contributed by atoms with Crippen LogP contribution in [0.5, 0.6) is 0 Å². The summed E-state index contributed by atoms with van der Waals surface area (Å²) in [5, 5.41) is 17.9. The number of nitrogens with two attached hydrogens (primary N) is 2. The van der Waals surface area contributed by atoms with Gasteiger partial charge in [-0.1, -0.05) is 12.8 Å². The summed E-state index contributed by atoms with van der Waals surface area (Å²) in [6.45, 7) is 0. The Morgan fingerprint density at radius 3 is 1.60 bits per heavy atom. The topological polar surface area (TPSA) is 132 Å². The molecule has 0 aromatic heterocycles. The Morgan fingerprint density at radius 1 is 1.07 bits per heavy atom. The molecule has 0 aliphatic heterocycles.